The van der Waals surface area contributed by atoms with Gasteiger partial charge in [-0.3, -0.25) is 4.79 Å². The number of carbonyl (C=O) groups excluding carboxylic acids is 1. The molecule has 4 rings (SSSR count). The quantitative estimate of drug-likeness (QED) is 0.0563. The summed E-state index contributed by atoms with van der Waals surface area (Å²) in [7, 11) is 0. The van der Waals surface area contributed by atoms with E-state index >= 15 is 0 Å². The molecule has 4 aliphatic carbocycles. The highest BCUT2D eigenvalue weighted by molar-refractivity contribution is 8.68. The predicted molar refractivity (Wildman–Crippen MR) is 206 cm³/mol. The maximum absolute atomic E-state index is 13.8. The topological polar surface area (TPSA) is 66.0 Å². The molecule has 13 heteroatoms. The predicted octanol–water partition coefficient (Wildman–Crippen LogP) is 11.8. The lowest BCUT2D eigenvalue weighted by atomic mass is 9.98. The van der Waals surface area contributed by atoms with Gasteiger partial charge in [-0.05, 0) is 99.2 Å². The highest BCUT2D eigenvalue weighted by Gasteiger charge is 2.34. The van der Waals surface area contributed by atoms with Crippen molar-refractivity contribution in [1.82, 2.24) is 5.32 Å². The fourth-order valence-corrected chi connectivity index (χ4v) is 17.4. The maximum Gasteiger partial charge on any atom is 0.249 e. The van der Waals surface area contributed by atoms with Gasteiger partial charge in [-0.2, -0.15) is 0 Å². The van der Waals surface area contributed by atoms with Crippen LogP contribution in [0.5, 0.6) is 0 Å². The summed E-state index contributed by atoms with van der Waals surface area (Å²) in [5.41, 5.74) is -5.19. The van der Waals surface area contributed by atoms with E-state index in [9.17, 15) is 4.79 Å². The van der Waals surface area contributed by atoms with Gasteiger partial charge < -0.3 is 23.4 Å². The molecular formula is C33H60ClNO5P2S4. The van der Waals surface area contributed by atoms with Crippen LogP contribution in [0.1, 0.15) is 154 Å². The highest BCUT2D eigenvalue weighted by atomic mass is 35.5. The first-order valence-corrected chi connectivity index (χ1v) is 27.4. The van der Waals surface area contributed by atoms with Gasteiger partial charge in [0.15, 0.2) is 0 Å². The van der Waals surface area contributed by atoms with E-state index < -0.39 is 11.4 Å². The lowest BCUT2D eigenvalue weighted by Crippen LogP contribution is -2.32. The van der Waals surface area contributed by atoms with Crippen molar-refractivity contribution in [3.05, 3.63) is 0 Å². The Labute approximate surface area is 303 Å². The molecule has 1 unspecified atom stereocenters. The van der Waals surface area contributed by atoms with Crippen molar-refractivity contribution < 1.29 is 22.9 Å². The number of nitrogens with one attached hydrogen (secondary N) is 1. The zero-order valence-electron chi connectivity index (χ0n) is 27.9. The summed E-state index contributed by atoms with van der Waals surface area (Å²) in [6.45, 7) is 0. The average molecular weight is 777 g/mol. The largest absolute Gasteiger partial charge is 0.346 e. The summed E-state index contributed by atoms with van der Waals surface area (Å²) < 4.78 is 26.6. The molecule has 268 valence electrons. The molecule has 1 amide bonds. The molecule has 0 aromatic heterocycles. The summed E-state index contributed by atoms with van der Waals surface area (Å²) in [6.07, 6.45) is 27.5. The molecule has 0 saturated heterocycles. The Bertz CT molecular complexity index is 912. The molecule has 0 aliphatic heterocycles. The second-order valence-corrected chi connectivity index (χ2v) is 26.6. The second kappa shape index (κ2) is 22.5. The molecule has 0 radical (unpaired) electrons. The average Bonchev–Trinajstić information content (AvgIpc) is 3.06. The summed E-state index contributed by atoms with van der Waals surface area (Å²) in [6, 6.07) is 0. The molecule has 0 heterocycles. The van der Waals surface area contributed by atoms with Crippen molar-refractivity contribution in [2.75, 3.05) is 17.5 Å². The van der Waals surface area contributed by atoms with Gasteiger partial charge in [0, 0.05) is 17.6 Å². The smallest absolute Gasteiger partial charge is 0.249 e. The number of unbranched alkanes of at least 4 members (excludes halogenated alkanes) is 2. The van der Waals surface area contributed by atoms with Gasteiger partial charge in [-0.1, -0.05) is 101 Å². The van der Waals surface area contributed by atoms with Crippen molar-refractivity contribution in [1.29, 1.82) is 0 Å². The number of halogens is 1. The zero-order chi connectivity index (χ0) is 32.5. The molecule has 4 fully saturated rings. The summed E-state index contributed by atoms with van der Waals surface area (Å²) in [5, 5.41) is 3.24. The van der Waals surface area contributed by atoms with Crippen molar-refractivity contribution in [3.8, 4) is 0 Å². The van der Waals surface area contributed by atoms with Crippen LogP contribution in [0.2, 0.25) is 0 Å². The third-order valence-electron chi connectivity index (χ3n) is 9.78. The van der Waals surface area contributed by atoms with Crippen LogP contribution in [0, 0.1) is 5.92 Å². The van der Waals surface area contributed by atoms with E-state index in [1.807, 2.05) is 0 Å². The minimum absolute atomic E-state index is 0.0552. The zero-order valence-corrected chi connectivity index (χ0v) is 33.7. The first kappa shape index (κ1) is 40.4. The summed E-state index contributed by atoms with van der Waals surface area (Å²) >= 11 is 21.5. The van der Waals surface area contributed by atoms with E-state index in [0.29, 0.717) is 17.5 Å². The standard InChI is InChI=1S/C33H60ClNO5P2S4/c34-25-15-5-6-16-28(26-45-41(43,37-29-17-7-1-8-18-29)38-30-19-9-2-10-20-30)33(36)35-27-46-42(44,39-31-21-11-3-12-22-31)40-32-23-13-4-14-24-32/h28-32H,1-27H2,(H,35,36). The molecule has 6 nitrogen and oxygen atoms in total. The third-order valence-corrected chi connectivity index (χ3v) is 20.4. The van der Waals surface area contributed by atoms with Crippen LogP contribution in [0.3, 0.4) is 0 Å². The van der Waals surface area contributed by atoms with Crippen molar-refractivity contribution >= 4 is 75.3 Å². The van der Waals surface area contributed by atoms with Crippen LogP contribution < -0.4 is 5.32 Å². The maximum atomic E-state index is 13.8. The molecule has 0 bridgehead atoms. The Balaban J connectivity index is 1.36. The first-order valence-electron chi connectivity index (χ1n) is 18.4. The Morgan fingerprint density at radius 2 is 1.02 bits per heavy atom. The Morgan fingerprint density at radius 1 is 0.630 bits per heavy atom. The van der Waals surface area contributed by atoms with E-state index in [1.54, 1.807) is 11.4 Å². The Hall–Kier alpha value is 1.60. The number of alkyl halides is 1. The van der Waals surface area contributed by atoms with Gasteiger partial charge in [0.05, 0.1) is 30.3 Å². The molecule has 46 heavy (non-hydrogen) atoms. The van der Waals surface area contributed by atoms with Gasteiger partial charge >= 0.3 is 0 Å². The number of hydrogen-bond acceptors (Lipinski definition) is 9. The SMILES string of the molecule is O=C(NCSP(=S)(OC1CCCCC1)OC1CCCCC1)C(CCCCCCl)CSP(=S)(OC1CCCCC1)OC1CCCCC1. The third kappa shape index (κ3) is 15.5. The van der Waals surface area contributed by atoms with Gasteiger partial charge in [0.25, 0.3) is 0 Å². The van der Waals surface area contributed by atoms with Crippen molar-refractivity contribution in [2.45, 2.75) is 179 Å². The highest BCUT2D eigenvalue weighted by Crippen LogP contribution is 2.65. The molecule has 0 aromatic rings. The molecule has 1 N–H and O–H groups in total. The number of amides is 1. The summed E-state index contributed by atoms with van der Waals surface area (Å²) in [4.78, 5) is 13.8. The van der Waals surface area contributed by atoms with Crippen LogP contribution in [0.25, 0.3) is 0 Å². The van der Waals surface area contributed by atoms with Crippen LogP contribution >= 0.6 is 45.8 Å². The lowest BCUT2D eigenvalue weighted by molar-refractivity contribution is -0.124. The number of hydrogen-bond donors (Lipinski definition) is 1. The fraction of sp³-hybridized carbons (Fsp3) is 0.970. The van der Waals surface area contributed by atoms with E-state index in [1.165, 1.54) is 88.4 Å². The van der Waals surface area contributed by atoms with Gasteiger partial charge in [0.2, 0.25) is 17.3 Å². The van der Waals surface area contributed by atoms with Gasteiger partial charge in [-0.15, -0.1) is 11.6 Å². The Kier molecular flexibility index (Phi) is 19.8. The molecular weight excluding hydrogens is 716 g/mol. The number of rotatable bonds is 20. The molecule has 4 saturated carbocycles. The monoisotopic (exact) mass is 775 g/mol. The van der Waals surface area contributed by atoms with Crippen molar-refractivity contribution in [2.24, 2.45) is 5.92 Å². The molecule has 4 aliphatic rings. The van der Waals surface area contributed by atoms with Gasteiger partial charge in [0.1, 0.15) is 0 Å². The molecule has 0 aromatic carbocycles. The van der Waals surface area contributed by atoms with E-state index in [2.05, 4.69) is 5.32 Å². The van der Waals surface area contributed by atoms with Gasteiger partial charge in [-0.25, -0.2) is 0 Å². The van der Waals surface area contributed by atoms with Crippen LogP contribution in [-0.4, -0.2) is 47.8 Å². The van der Waals surface area contributed by atoms with Crippen LogP contribution in [0.15, 0.2) is 0 Å². The van der Waals surface area contributed by atoms with E-state index in [0.717, 1.165) is 77.0 Å². The van der Waals surface area contributed by atoms with Crippen LogP contribution in [0.4, 0.5) is 0 Å². The van der Waals surface area contributed by atoms with E-state index in [4.69, 9.17) is 53.3 Å². The van der Waals surface area contributed by atoms with Crippen LogP contribution in [-0.2, 0) is 46.5 Å². The van der Waals surface area contributed by atoms with E-state index in [-0.39, 0.29) is 36.2 Å². The lowest BCUT2D eigenvalue weighted by Gasteiger charge is -2.34. The minimum atomic E-state index is -2.60. The molecule has 1 atom stereocenters. The van der Waals surface area contributed by atoms with Crippen molar-refractivity contribution in [3.63, 3.8) is 0 Å². The molecule has 0 spiro atoms. The fourth-order valence-electron chi connectivity index (χ4n) is 7.04. The number of carbonyl (C=O) groups is 1. The summed E-state index contributed by atoms with van der Waals surface area (Å²) in [5.74, 6) is 1.55. The normalized spacial score (nSPS) is 22.5. The Morgan fingerprint density at radius 3 is 1.41 bits per heavy atom. The minimum Gasteiger partial charge on any atom is -0.346 e. The first-order chi connectivity index (χ1) is 22.4. The second-order valence-electron chi connectivity index (χ2n) is 13.7.